The zero-order valence-corrected chi connectivity index (χ0v) is 8.28. The van der Waals surface area contributed by atoms with Crippen molar-refractivity contribution in [2.45, 2.75) is 6.54 Å². The van der Waals surface area contributed by atoms with E-state index < -0.39 is 5.69 Å². The zero-order chi connectivity index (χ0) is 10.3. The molecule has 1 aliphatic heterocycles. The van der Waals surface area contributed by atoms with Crippen molar-refractivity contribution in [1.82, 2.24) is 9.55 Å². The van der Waals surface area contributed by atoms with Crippen LogP contribution in [-0.2, 0) is 6.54 Å². The maximum atomic E-state index is 11.4. The van der Waals surface area contributed by atoms with Crippen LogP contribution in [0.1, 0.15) is 10.4 Å². The average molecular weight is 214 g/mol. The summed E-state index contributed by atoms with van der Waals surface area (Å²) < 4.78 is 1.45. The maximum absolute atomic E-state index is 11.4. The zero-order valence-electron chi connectivity index (χ0n) is 7.53. The largest absolute Gasteiger partial charge is 0.358 e. The molecule has 0 aliphatic carbocycles. The quantitative estimate of drug-likeness (QED) is 0.493. The number of hydrogen-bond donors (Lipinski definition) is 0. The Bertz CT molecular complexity index is 455. The Morgan fingerprint density at radius 3 is 2.86 bits per heavy atom. The van der Waals surface area contributed by atoms with Crippen LogP contribution in [0.15, 0.2) is 4.79 Å². The van der Waals surface area contributed by atoms with Gasteiger partial charge in [-0.05, 0) is 0 Å². The molecule has 1 aliphatic rings. The lowest BCUT2D eigenvalue weighted by Gasteiger charge is -2.13. The number of rotatable bonds is 1. The summed E-state index contributed by atoms with van der Waals surface area (Å²) in [5.41, 5.74) is -0.119. The number of halogens is 1. The van der Waals surface area contributed by atoms with Crippen molar-refractivity contribution in [2.75, 3.05) is 18.5 Å². The molecule has 74 valence electrons. The number of carbonyl (C=O) groups is 1. The Balaban J connectivity index is 2.81. The lowest BCUT2D eigenvalue weighted by Crippen LogP contribution is -2.23. The van der Waals surface area contributed by atoms with E-state index in [2.05, 4.69) is 4.98 Å². The minimum absolute atomic E-state index is 0.0231. The molecule has 0 radical (unpaired) electrons. The first-order valence-corrected chi connectivity index (χ1v) is 4.49. The van der Waals surface area contributed by atoms with Gasteiger partial charge in [0.15, 0.2) is 6.29 Å². The van der Waals surface area contributed by atoms with Gasteiger partial charge < -0.3 is 4.90 Å². The third kappa shape index (κ3) is 1.13. The van der Waals surface area contributed by atoms with Gasteiger partial charge in [0.2, 0.25) is 0 Å². The number of fused-ring (bicyclic) bond motifs is 1. The summed E-state index contributed by atoms with van der Waals surface area (Å²) in [4.78, 5) is 27.5. The molecule has 0 unspecified atom stereocenters. The molecule has 2 rings (SSSR count). The summed E-state index contributed by atoms with van der Waals surface area (Å²) in [6.45, 7) is 1.24. The van der Waals surface area contributed by atoms with Crippen molar-refractivity contribution in [2.24, 2.45) is 0 Å². The highest BCUT2D eigenvalue weighted by atomic mass is 35.5. The molecule has 0 atom stereocenters. The Morgan fingerprint density at radius 2 is 2.21 bits per heavy atom. The highest BCUT2D eigenvalue weighted by molar-refractivity contribution is 6.32. The van der Waals surface area contributed by atoms with E-state index >= 15 is 0 Å². The lowest BCUT2D eigenvalue weighted by atomic mass is 10.3. The van der Waals surface area contributed by atoms with E-state index in [1.54, 1.807) is 0 Å². The van der Waals surface area contributed by atoms with Crippen LogP contribution >= 0.6 is 11.6 Å². The van der Waals surface area contributed by atoms with Gasteiger partial charge in [-0.15, -0.1) is 0 Å². The molecular formula is C8H8ClN3O2. The van der Waals surface area contributed by atoms with Crippen molar-refractivity contribution in [3.63, 3.8) is 0 Å². The van der Waals surface area contributed by atoms with E-state index in [0.717, 1.165) is 0 Å². The number of aldehydes is 1. The van der Waals surface area contributed by atoms with Gasteiger partial charge in [0, 0.05) is 20.1 Å². The molecule has 0 saturated carbocycles. The van der Waals surface area contributed by atoms with Gasteiger partial charge in [0.25, 0.3) is 0 Å². The Morgan fingerprint density at radius 1 is 1.50 bits per heavy atom. The van der Waals surface area contributed by atoms with Crippen molar-refractivity contribution in [3.8, 4) is 0 Å². The molecule has 0 bridgehead atoms. The topological polar surface area (TPSA) is 55.2 Å². The lowest BCUT2D eigenvalue weighted by molar-refractivity contribution is 0.112. The summed E-state index contributed by atoms with van der Waals surface area (Å²) in [6.07, 6.45) is 0.627. The van der Waals surface area contributed by atoms with Gasteiger partial charge >= 0.3 is 5.69 Å². The second-order valence-electron chi connectivity index (χ2n) is 3.11. The van der Waals surface area contributed by atoms with Crippen LogP contribution in [-0.4, -0.2) is 29.4 Å². The fraction of sp³-hybridized carbons (Fsp3) is 0.375. The minimum Gasteiger partial charge on any atom is -0.358 e. The van der Waals surface area contributed by atoms with Gasteiger partial charge in [0.1, 0.15) is 11.0 Å². The molecule has 6 heteroatoms. The van der Waals surface area contributed by atoms with E-state index in [1.807, 2.05) is 11.9 Å². The summed E-state index contributed by atoms with van der Waals surface area (Å²) in [5, 5.41) is -0.0231. The minimum atomic E-state index is -0.403. The molecule has 2 heterocycles. The van der Waals surface area contributed by atoms with Crippen LogP contribution in [0, 0.1) is 0 Å². The van der Waals surface area contributed by atoms with Crippen molar-refractivity contribution in [1.29, 1.82) is 0 Å². The van der Waals surface area contributed by atoms with E-state index in [9.17, 15) is 9.59 Å². The first-order valence-electron chi connectivity index (χ1n) is 4.12. The summed E-state index contributed by atoms with van der Waals surface area (Å²) in [5.74, 6) is 0.560. The molecule has 0 fully saturated rings. The van der Waals surface area contributed by atoms with E-state index in [0.29, 0.717) is 25.2 Å². The van der Waals surface area contributed by atoms with Gasteiger partial charge in [-0.2, -0.15) is 4.98 Å². The average Bonchev–Trinajstić information content (AvgIpc) is 2.50. The van der Waals surface area contributed by atoms with Crippen LogP contribution in [0.25, 0.3) is 0 Å². The van der Waals surface area contributed by atoms with Gasteiger partial charge in [-0.25, -0.2) is 4.79 Å². The van der Waals surface area contributed by atoms with Crippen molar-refractivity contribution < 1.29 is 4.79 Å². The molecule has 0 aromatic carbocycles. The Labute approximate surface area is 84.9 Å². The fourth-order valence-corrected chi connectivity index (χ4v) is 1.80. The molecule has 0 amide bonds. The second kappa shape index (κ2) is 3.09. The van der Waals surface area contributed by atoms with E-state index in [1.165, 1.54) is 4.57 Å². The second-order valence-corrected chi connectivity index (χ2v) is 3.47. The number of anilines is 1. The predicted molar refractivity (Wildman–Crippen MR) is 52.2 cm³/mol. The first kappa shape index (κ1) is 9.21. The van der Waals surface area contributed by atoms with Crippen molar-refractivity contribution in [3.05, 3.63) is 21.2 Å². The number of nitrogens with zero attached hydrogens (tertiary/aromatic N) is 3. The van der Waals surface area contributed by atoms with E-state index in [-0.39, 0.29) is 10.7 Å². The van der Waals surface area contributed by atoms with Crippen molar-refractivity contribution >= 4 is 23.7 Å². The van der Waals surface area contributed by atoms with Gasteiger partial charge in [-0.3, -0.25) is 9.36 Å². The molecule has 1 aromatic heterocycles. The summed E-state index contributed by atoms with van der Waals surface area (Å²) in [6, 6.07) is 0. The smallest absolute Gasteiger partial charge is 0.350 e. The third-order valence-electron chi connectivity index (χ3n) is 2.28. The standard InChI is InChI=1S/C8H8ClN3O2/c1-11-2-3-12-7(11)5(4-13)6(9)10-8(12)14/h4H,2-3H2,1H3. The Hall–Kier alpha value is -1.36. The molecule has 14 heavy (non-hydrogen) atoms. The van der Waals surface area contributed by atoms with Crippen LogP contribution < -0.4 is 10.6 Å². The highest BCUT2D eigenvalue weighted by Crippen LogP contribution is 2.24. The Kier molecular flexibility index (Phi) is 2.03. The molecule has 5 nitrogen and oxygen atoms in total. The fourth-order valence-electron chi connectivity index (χ4n) is 1.60. The number of aromatic nitrogens is 2. The van der Waals surface area contributed by atoms with Crippen LogP contribution in [0.3, 0.4) is 0 Å². The van der Waals surface area contributed by atoms with Gasteiger partial charge in [-0.1, -0.05) is 11.6 Å². The molecule has 1 aromatic rings. The number of likely N-dealkylation sites (N-methyl/N-ethyl adjacent to an activating group) is 1. The predicted octanol–water partition coefficient (Wildman–Crippen LogP) is 0.159. The highest BCUT2D eigenvalue weighted by Gasteiger charge is 2.23. The maximum Gasteiger partial charge on any atom is 0.350 e. The monoisotopic (exact) mass is 213 g/mol. The number of hydrogen-bond acceptors (Lipinski definition) is 4. The molecule has 0 saturated heterocycles. The summed E-state index contributed by atoms with van der Waals surface area (Å²) in [7, 11) is 1.81. The van der Waals surface area contributed by atoms with Crippen LogP contribution in [0.2, 0.25) is 5.15 Å². The third-order valence-corrected chi connectivity index (χ3v) is 2.57. The van der Waals surface area contributed by atoms with Crippen LogP contribution in [0.4, 0.5) is 5.82 Å². The van der Waals surface area contributed by atoms with E-state index in [4.69, 9.17) is 11.6 Å². The normalized spacial score (nSPS) is 14.3. The summed E-state index contributed by atoms with van der Waals surface area (Å²) >= 11 is 5.70. The SMILES string of the molecule is CN1CCn2c1c(C=O)c(Cl)nc2=O. The molecule has 0 N–H and O–H groups in total. The van der Waals surface area contributed by atoms with Gasteiger partial charge in [0.05, 0.1) is 5.56 Å². The molecule has 0 spiro atoms. The van der Waals surface area contributed by atoms with Crippen LogP contribution in [0.5, 0.6) is 0 Å². The number of carbonyl (C=O) groups excluding carboxylic acids is 1. The molecular weight excluding hydrogens is 206 g/mol. The first-order chi connectivity index (χ1) is 6.65.